The van der Waals surface area contributed by atoms with Gasteiger partial charge in [-0.25, -0.2) is 0 Å². The topological polar surface area (TPSA) is 96.5 Å². The third-order valence-corrected chi connectivity index (χ3v) is 1.31. The average Bonchev–Trinajstić information content (AvgIpc) is 2.04. The van der Waals surface area contributed by atoms with Gasteiger partial charge in [-0.3, -0.25) is 15.1 Å². The molecule has 0 unspecified atom stereocenters. The Morgan fingerprint density at radius 3 is 2.67 bits per heavy atom. The lowest BCUT2D eigenvalue weighted by molar-refractivity contribution is -0.384. The van der Waals surface area contributed by atoms with Crippen LogP contribution in [0.25, 0.3) is 0 Å². The highest BCUT2D eigenvalue weighted by Gasteiger charge is 2.22. The number of nitrogens with zero attached hydrogens (tertiary/aromatic N) is 2. The summed E-state index contributed by atoms with van der Waals surface area (Å²) in [6.07, 6.45) is 2.22. The summed E-state index contributed by atoms with van der Waals surface area (Å²) in [4.78, 5) is 13.0. The molecule has 1 aromatic heterocycles. The van der Waals surface area contributed by atoms with Crippen molar-refractivity contribution >= 4 is 18.3 Å². The number of hydrogen-bond acceptors (Lipinski definition) is 5. The Labute approximate surface area is 67.8 Å². The highest BCUT2D eigenvalue weighted by atomic mass is 16.6. The lowest BCUT2D eigenvalue weighted by Crippen LogP contribution is -2.31. The molecule has 1 rings (SSSR count). The lowest BCUT2D eigenvalue weighted by Gasteiger charge is -1.98. The van der Waals surface area contributed by atoms with Gasteiger partial charge in [0.05, 0.1) is 10.4 Å². The molecule has 1 aromatic rings. The molecule has 0 aromatic carbocycles. The number of pyridine rings is 1. The van der Waals surface area contributed by atoms with Crippen LogP contribution in [0.4, 0.5) is 5.69 Å². The first-order valence-electron chi connectivity index (χ1n) is 3.07. The van der Waals surface area contributed by atoms with Gasteiger partial charge in [0.25, 0.3) is 5.69 Å². The molecule has 6 nitrogen and oxygen atoms in total. The molecule has 0 fully saturated rings. The monoisotopic (exact) mass is 168 g/mol. The van der Waals surface area contributed by atoms with Crippen molar-refractivity contribution in [1.29, 1.82) is 0 Å². The SMILES string of the molecule is O=[N+]([O-])c1cnccc1B(O)O. The van der Waals surface area contributed by atoms with Gasteiger partial charge in [0, 0.05) is 6.20 Å². The van der Waals surface area contributed by atoms with E-state index in [9.17, 15) is 10.1 Å². The maximum Gasteiger partial charge on any atom is 0.495 e. The van der Waals surface area contributed by atoms with Gasteiger partial charge in [0.1, 0.15) is 6.20 Å². The summed E-state index contributed by atoms with van der Waals surface area (Å²) in [5, 5.41) is 27.6. The summed E-state index contributed by atoms with van der Waals surface area (Å²) in [5.74, 6) is 0. The van der Waals surface area contributed by atoms with Crippen LogP contribution in [0, 0.1) is 10.1 Å². The second-order valence-electron chi connectivity index (χ2n) is 2.07. The third kappa shape index (κ3) is 1.58. The van der Waals surface area contributed by atoms with E-state index in [-0.39, 0.29) is 5.46 Å². The highest BCUT2D eigenvalue weighted by molar-refractivity contribution is 6.60. The van der Waals surface area contributed by atoms with Crippen LogP contribution < -0.4 is 5.46 Å². The van der Waals surface area contributed by atoms with Crippen LogP contribution in [0.15, 0.2) is 18.5 Å². The quantitative estimate of drug-likeness (QED) is 0.324. The fraction of sp³-hybridized carbons (Fsp3) is 0. The van der Waals surface area contributed by atoms with E-state index < -0.39 is 17.7 Å². The largest absolute Gasteiger partial charge is 0.495 e. The molecule has 0 bridgehead atoms. The summed E-state index contributed by atoms with van der Waals surface area (Å²) >= 11 is 0. The third-order valence-electron chi connectivity index (χ3n) is 1.31. The fourth-order valence-electron chi connectivity index (χ4n) is 0.768. The first-order valence-corrected chi connectivity index (χ1v) is 3.07. The van der Waals surface area contributed by atoms with Crippen molar-refractivity contribution in [3.05, 3.63) is 28.6 Å². The van der Waals surface area contributed by atoms with E-state index in [1.165, 1.54) is 12.3 Å². The molecule has 0 atom stereocenters. The average molecular weight is 168 g/mol. The molecule has 0 aliphatic heterocycles. The molecule has 0 saturated carbocycles. The summed E-state index contributed by atoms with van der Waals surface area (Å²) in [5.41, 5.74) is -0.553. The first kappa shape index (κ1) is 8.63. The molecule has 0 aliphatic carbocycles. The molecule has 1 heterocycles. The van der Waals surface area contributed by atoms with E-state index in [0.717, 1.165) is 6.20 Å². The van der Waals surface area contributed by atoms with Gasteiger partial charge in [-0.2, -0.15) is 0 Å². The van der Waals surface area contributed by atoms with Gasteiger partial charge in [-0.1, -0.05) is 0 Å². The predicted molar refractivity (Wildman–Crippen MR) is 40.7 cm³/mol. The zero-order chi connectivity index (χ0) is 9.14. The highest BCUT2D eigenvalue weighted by Crippen LogP contribution is 2.03. The Bertz CT molecular complexity index is 303. The summed E-state index contributed by atoms with van der Waals surface area (Å²) < 4.78 is 0. The van der Waals surface area contributed by atoms with Crippen LogP contribution >= 0.6 is 0 Å². The van der Waals surface area contributed by atoms with Gasteiger partial charge in [0.15, 0.2) is 0 Å². The lowest BCUT2D eigenvalue weighted by atomic mass is 9.80. The van der Waals surface area contributed by atoms with Crippen molar-refractivity contribution in [2.24, 2.45) is 0 Å². The van der Waals surface area contributed by atoms with Gasteiger partial charge in [-0.15, -0.1) is 0 Å². The minimum absolute atomic E-state index is 0.157. The number of rotatable bonds is 2. The second kappa shape index (κ2) is 3.29. The Kier molecular flexibility index (Phi) is 2.36. The van der Waals surface area contributed by atoms with Crippen molar-refractivity contribution in [2.75, 3.05) is 0 Å². The zero-order valence-corrected chi connectivity index (χ0v) is 5.91. The van der Waals surface area contributed by atoms with E-state index in [4.69, 9.17) is 10.0 Å². The standard InChI is InChI=1S/C5H5BN2O4/c9-6(10)4-1-2-7-3-5(4)8(11)12/h1-3,9-10H. The van der Waals surface area contributed by atoms with Gasteiger partial charge in [0.2, 0.25) is 0 Å². The molecule has 0 radical (unpaired) electrons. The number of hydrogen-bond donors (Lipinski definition) is 2. The van der Waals surface area contributed by atoms with Crippen LogP contribution in [0.3, 0.4) is 0 Å². The zero-order valence-electron chi connectivity index (χ0n) is 5.91. The molecule has 2 N–H and O–H groups in total. The Balaban J connectivity index is 3.17. The molecule has 7 heteroatoms. The molecule has 0 aliphatic rings. The fourth-order valence-corrected chi connectivity index (χ4v) is 0.768. The van der Waals surface area contributed by atoms with Gasteiger partial charge in [-0.05, 0) is 6.07 Å². The van der Waals surface area contributed by atoms with E-state index in [0.29, 0.717) is 0 Å². The van der Waals surface area contributed by atoms with Gasteiger partial charge < -0.3 is 10.0 Å². The van der Waals surface area contributed by atoms with Crippen LogP contribution in [-0.2, 0) is 0 Å². The molecular weight excluding hydrogens is 163 g/mol. The van der Waals surface area contributed by atoms with Crippen molar-refractivity contribution in [2.45, 2.75) is 0 Å². The van der Waals surface area contributed by atoms with Crippen LogP contribution in [0.1, 0.15) is 0 Å². The second-order valence-corrected chi connectivity index (χ2v) is 2.07. The first-order chi connectivity index (χ1) is 5.63. The summed E-state index contributed by atoms with van der Waals surface area (Å²) in [6.45, 7) is 0. The van der Waals surface area contributed by atoms with Crippen molar-refractivity contribution < 1.29 is 15.0 Å². The number of aromatic nitrogens is 1. The van der Waals surface area contributed by atoms with Crippen molar-refractivity contribution in [1.82, 2.24) is 4.98 Å². The molecule has 62 valence electrons. The Hall–Kier alpha value is -1.47. The van der Waals surface area contributed by atoms with Crippen LogP contribution in [-0.4, -0.2) is 27.1 Å². The van der Waals surface area contributed by atoms with E-state index in [1.54, 1.807) is 0 Å². The molecule has 0 spiro atoms. The molecule has 0 amide bonds. The predicted octanol–water partition coefficient (Wildman–Crippen LogP) is -1.33. The van der Waals surface area contributed by atoms with Crippen molar-refractivity contribution in [3.8, 4) is 0 Å². The van der Waals surface area contributed by atoms with E-state index in [1.807, 2.05) is 0 Å². The summed E-state index contributed by atoms with van der Waals surface area (Å²) in [7, 11) is -1.84. The van der Waals surface area contributed by atoms with Crippen LogP contribution in [0.2, 0.25) is 0 Å². The van der Waals surface area contributed by atoms with Crippen LogP contribution in [0.5, 0.6) is 0 Å². The normalized spacial score (nSPS) is 9.50. The van der Waals surface area contributed by atoms with Crippen molar-refractivity contribution in [3.63, 3.8) is 0 Å². The minimum Gasteiger partial charge on any atom is -0.423 e. The molecule has 0 saturated heterocycles. The van der Waals surface area contributed by atoms with Gasteiger partial charge >= 0.3 is 7.12 Å². The minimum atomic E-state index is -1.84. The number of nitro groups is 1. The maximum absolute atomic E-state index is 10.3. The van der Waals surface area contributed by atoms with E-state index in [2.05, 4.69) is 4.98 Å². The Morgan fingerprint density at radius 1 is 1.58 bits per heavy atom. The maximum atomic E-state index is 10.3. The smallest absolute Gasteiger partial charge is 0.423 e. The van der Waals surface area contributed by atoms with E-state index >= 15 is 0 Å². The Morgan fingerprint density at radius 2 is 2.25 bits per heavy atom. The summed E-state index contributed by atoms with van der Waals surface area (Å²) in [6, 6.07) is 1.18. The molecule has 12 heavy (non-hydrogen) atoms. The molecular formula is C5H5BN2O4.